The van der Waals surface area contributed by atoms with Gasteiger partial charge < -0.3 is 13.9 Å². The molecule has 0 saturated carbocycles. The summed E-state index contributed by atoms with van der Waals surface area (Å²) in [5.74, 6) is 0. The van der Waals surface area contributed by atoms with Gasteiger partial charge in [-0.3, -0.25) is 0 Å². The van der Waals surface area contributed by atoms with Gasteiger partial charge >= 0.3 is 0 Å². The highest BCUT2D eigenvalue weighted by Crippen LogP contribution is 2.41. The number of para-hydroxylation sites is 4. The summed E-state index contributed by atoms with van der Waals surface area (Å²) in [5.41, 5.74) is 13.3. The van der Waals surface area contributed by atoms with Crippen molar-refractivity contribution in [1.29, 1.82) is 0 Å². The van der Waals surface area contributed by atoms with Crippen LogP contribution in [0, 0.1) is 0 Å². The SMILES string of the molecule is c1ccc(-n2c3ccccc3c3cc(-c4ccc(N(c5ccc(-c6cccc7c6oc6ccccc67)cc5)c5ccc6ccccc6c5)cc4)ccc32)cc1. The van der Waals surface area contributed by atoms with E-state index in [1.54, 1.807) is 0 Å². The standard InChI is InChI=1S/C52H34N2O/c1-2-13-40(14-3-1)54-49-19-8-6-15-45(49)48-34-39(26-32-50(48)54)36-21-27-41(28-22-36)53(43-31-23-35-11-4-5-12-38(35)33-43)42-29-24-37(25-30-42)44-17-10-18-47-46-16-7-9-20-51(46)55-52(44)47/h1-34H. The van der Waals surface area contributed by atoms with Crippen LogP contribution >= 0.6 is 0 Å². The molecular weight excluding hydrogens is 669 g/mol. The molecule has 11 aromatic rings. The van der Waals surface area contributed by atoms with Gasteiger partial charge in [-0.1, -0.05) is 133 Å². The Bertz CT molecular complexity index is 3190. The molecule has 0 unspecified atom stereocenters. The Kier molecular flexibility index (Phi) is 7.17. The maximum absolute atomic E-state index is 6.40. The summed E-state index contributed by atoms with van der Waals surface area (Å²) in [7, 11) is 0. The Hall–Kier alpha value is -7.36. The normalized spacial score (nSPS) is 11.6. The van der Waals surface area contributed by atoms with E-state index in [4.69, 9.17) is 4.42 Å². The van der Waals surface area contributed by atoms with Crippen LogP contribution in [0.2, 0.25) is 0 Å². The lowest BCUT2D eigenvalue weighted by molar-refractivity contribution is 0.670. The van der Waals surface area contributed by atoms with Crippen molar-refractivity contribution in [3.8, 4) is 27.9 Å². The lowest BCUT2D eigenvalue weighted by Gasteiger charge is -2.26. The molecule has 0 saturated heterocycles. The van der Waals surface area contributed by atoms with Crippen LogP contribution in [0.4, 0.5) is 17.1 Å². The zero-order valence-electron chi connectivity index (χ0n) is 29.9. The number of nitrogens with zero attached hydrogens (tertiary/aromatic N) is 2. The van der Waals surface area contributed by atoms with Crippen molar-refractivity contribution in [1.82, 2.24) is 4.57 Å². The summed E-state index contributed by atoms with van der Waals surface area (Å²) in [5, 5.41) is 7.20. The van der Waals surface area contributed by atoms with Crippen LogP contribution in [-0.2, 0) is 0 Å². The predicted molar refractivity (Wildman–Crippen MR) is 231 cm³/mol. The molecule has 0 spiro atoms. The molecule has 0 bridgehead atoms. The van der Waals surface area contributed by atoms with E-state index in [0.717, 1.165) is 50.1 Å². The highest BCUT2D eigenvalue weighted by molar-refractivity contribution is 6.11. The number of hydrogen-bond donors (Lipinski definition) is 0. The van der Waals surface area contributed by atoms with E-state index in [-0.39, 0.29) is 0 Å². The molecule has 3 heteroatoms. The molecule has 2 aromatic heterocycles. The zero-order chi connectivity index (χ0) is 36.3. The number of furan rings is 1. The number of hydrogen-bond acceptors (Lipinski definition) is 2. The third-order valence-electron chi connectivity index (χ3n) is 11.0. The summed E-state index contributed by atoms with van der Waals surface area (Å²) in [6.45, 7) is 0. The van der Waals surface area contributed by atoms with Gasteiger partial charge in [0.25, 0.3) is 0 Å². The van der Waals surface area contributed by atoms with Gasteiger partial charge in [-0.25, -0.2) is 0 Å². The minimum atomic E-state index is 0.909. The molecule has 0 aliphatic rings. The number of fused-ring (bicyclic) bond motifs is 7. The van der Waals surface area contributed by atoms with Gasteiger partial charge in [-0.05, 0) is 100 Å². The Labute approximate surface area is 318 Å². The van der Waals surface area contributed by atoms with Gasteiger partial charge in [0.2, 0.25) is 0 Å². The molecule has 9 aromatic carbocycles. The van der Waals surface area contributed by atoms with Crippen molar-refractivity contribution in [3.63, 3.8) is 0 Å². The lowest BCUT2D eigenvalue weighted by atomic mass is 10.0. The molecule has 11 rings (SSSR count). The summed E-state index contributed by atoms with van der Waals surface area (Å²) >= 11 is 0. The fourth-order valence-electron chi connectivity index (χ4n) is 8.34. The molecule has 0 fully saturated rings. The first-order chi connectivity index (χ1) is 27.3. The van der Waals surface area contributed by atoms with Gasteiger partial charge in [-0.15, -0.1) is 0 Å². The molecule has 55 heavy (non-hydrogen) atoms. The quantitative estimate of drug-likeness (QED) is 0.172. The predicted octanol–water partition coefficient (Wildman–Crippen LogP) is 14.6. The van der Waals surface area contributed by atoms with Gasteiger partial charge in [-0.2, -0.15) is 0 Å². The van der Waals surface area contributed by atoms with Crippen molar-refractivity contribution in [2.24, 2.45) is 0 Å². The van der Waals surface area contributed by atoms with Crippen LogP contribution in [0.15, 0.2) is 211 Å². The first-order valence-corrected chi connectivity index (χ1v) is 18.8. The molecular formula is C52H34N2O. The topological polar surface area (TPSA) is 21.3 Å². The Morgan fingerprint density at radius 2 is 0.982 bits per heavy atom. The second-order valence-electron chi connectivity index (χ2n) is 14.2. The fraction of sp³-hybridized carbons (Fsp3) is 0. The van der Waals surface area contributed by atoms with E-state index in [9.17, 15) is 0 Å². The maximum Gasteiger partial charge on any atom is 0.143 e. The fourth-order valence-corrected chi connectivity index (χ4v) is 8.34. The summed E-state index contributed by atoms with van der Waals surface area (Å²) in [6, 6.07) is 73.9. The van der Waals surface area contributed by atoms with Gasteiger partial charge in [0.05, 0.1) is 11.0 Å². The lowest BCUT2D eigenvalue weighted by Crippen LogP contribution is -2.09. The Balaban J connectivity index is 0.996. The summed E-state index contributed by atoms with van der Waals surface area (Å²) in [6.07, 6.45) is 0. The number of rotatable bonds is 6. The molecule has 258 valence electrons. The minimum absolute atomic E-state index is 0.909. The molecule has 3 nitrogen and oxygen atoms in total. The van der Waals surface area contributed by atoms with Crippen LogP contribution in [0.1, 0.15) is 0 Å². The van der Waals surface area contributed by atoms with Crippen molar-refractivity contribution in [3.05, 3.63) is 206 Å². The van der Waals surface area contributed by atoms with E-state index in [0.29, 0.717) is 0 Å². The molecule has 0 aliphatic heterocycles. The van der Waals surface area contributed by atoms with Gasteiger partial charge in [0.1, 0.15) is 11.2 Å². The van der Waals surface area contributed by atoms with E-state index in [1.165, 1.54) is 49.4 Å². The van der Waals surface area contributed by atoms with Crippen molar-refractivity contribution < 1.29 is 4.42 Å². The van der Waals surface area contributed by atoms with Crippen molar-refractivity contribution in [2.75, 3.05) is 4.90 Å². The van der Waals surface area contributed by atoms with Gasteiger partial charge in [0.15, 0.2) is 0 Å². The van der Waals surface area contributed by atoms with Crippen LogP contribution in [0.25, 0.3) is 82.5 Å². The first-order valence-electron chi connectivity index (χ1n) is 18.8. The second-order valence-corrected chi connectivity index (χ2v) is 14.2. The third-order valence-corrected chi connectivity index (χ3v) is 11.0. The molecule has 0 atom stereocenters. The zero-order valence-corrected chi connectivity index (χ0v) is 29.9. The largest absolute Gasteiger partial charge is 0.455 e. The third kappa shape index (κ3) is 5.20. The van der Waals surface area contributed by atoms with E-state index in [1.807, 2.05) is 12.1 Å². The highest BCUT2D eigenvalue weighted by Gasteiger charge is 2.17. The minimum Gasteiger partial charge on any atom is -0.455 e. The smallest absolute Gasteiger partial charge is 0.143 e. The van der Waals surface area contributed by atoms with E-state index < -0.39 is 0 Å². The second kappa shape index (κ2) is 12.6. The Morgan fingerprint density at radius 1 is 0.364 bits per heavy atom. The van der Waals surface area contributed by atoms with E-state index >= 15 is 0 Å². The van der Waals surface area contributed by atoms with Crippen molar-refractivity contribution in [2.45, 2.75) is 0 Å². The van der Waals surface area contributed by atoms with Crippen LogP contribution in [0.3, 0.4) is 0 Å². The molecule has 0 radical (unpaired) electrons. The van der Waals surface area contributed by atoms with Crippen LogP contribution in [-0.4, -0.2) is 4.57 Å². The molecule has 0 aliphatic carbocycles. The summed E-state index contributed by atoms with van der Waals surface area (Å²) in [4.78, 5) is 2.35. The molecule has 0 N–H and O–H groups in total. The van der Waals surface area contributed by atoms with E-state index in [2.05, 4.69) is 204 Å². The average molecular weight is 703 g/mol. The monoisotopic (exact) mass is 702 g/mol. The maximum atomic E-state index is 6.40. The van der Waals surface area contributed by atoms with Crippen LogP contribution in [0.5, 0.6) is 0 Å². The Morgan fingerprint density at radius 3 is 1.80 bits per heavy atom. The summed E-state index contributed by atoms with van der Waals surface area (Å²) < 4.78 is 8.76. The average Bonchev–Trinajstić information content (AvgIpc) is 3.80. The molecule has 0 amide bonds. The number of anilines is 3. The van der Waals surface area contributed by atoms with Crippen LogP contribution < -0.4 is 4.90 Å². The highest BCUT2D eigenvalue weighted by atomic mass is 16.3. The molecule has 2 heterocycles. The number of benzene rings is 9. The first kappa shape index (κ1) is 31.2. The number of aromatic nitrogens is 1. The van der Waals surface area contributed by atoms with Gasteiger partial charge in [0, 0.05) is 49.9 Å². The van der Waals surface area contributed by atoms with Crippen molar-refractivity contribution >= 4 is 71.6 Å².